The summed E-state index contributed by atoms with van der Waals surface area (Å²) >= 11 is 1.95. The number of amides is 1. The van der Waals surface area contributed by atoms with Crippen LogP contribution in [0.25, 0.3) is 0 Å². The van der Waals surface area contributed by atoms with Crippen LogP contribution in [0.3, 0.4) is 0 Å². The molecule has 2 N–H and O–H groups in total. The minimum atomic E-state index is -0.218. The molecule has 2 heterocycles. The van der Waals surface area contributed by atoms with Crippen LogP contribution in [-0.4, -0.2) is 45.6 Å². The summed E-state index contributed by atoms with van der Waals surface area (Å²) in [5.74, 6) is 2.21. The van der Waals surface area contributed by atoms with E-state index in [1.165, 1.54) is 0 Å². The number of aromatic nitrogens is 2. The van der Waals surface area contributed by atoms with Crippen molar-refractivity contribution in [1.82, 2.24) is 20.4 Å². The first kappa shape index (κ1) is 15.1. The fourth-order valence-corrected chi connectivity index (χ4v) is 3.59. The number of hydrogen-bond donors (Lipinski definition) is 2. The van der Waals surface area contributed by atoms with Gasteiger partial charge in [-0.05, 0) is 11.6 Å². The first-order valence-electron chi connectivity index (χ1n) is 7.47. The first-order valence-corrected chi connectivity index (χ1v) is 8.63. The van der Waals surface area contributed by atoms with Crippen molar-refractivity contribution in [3.05, 3.63) is 53.9 Å². The van der Waals surface area contributed by atoms with Crippen LogP contribution in [0.2, 0.25) is 0 Å². The maximum atomic E-state index is 12.7. The van der Waals surface area contributed by atoms with Gasteiger partial charge in [0, 0.05) is 30.8 Å². The summed E-state index contributed by atoms with van der Waals surface area (Å²) in [4.78, 5) is 15.0. The van der Waals surface area contributed by atoms with Gasteiger partial charge >= 0.3 is 0 Å². The van der Waals surface area contributed by atoms with E-state index < -0.39 is 0 Å². The van der Waals surface area contributed by atoms with Gasteiger partial charge in [-0.1, -0.05) is 30.3 Å². The highest BCUT2D eigenvalue weighted by atomic mass is 32.2. The fraction of sp³-hybridized carbons (Fsp3) is 0.375. The monoisotopic (exact) mass is 316 g/mol. The first-order chi connectivity index (χ1) is 10.8. The molecule has 1 amide bonds. The van der Waals surface area contributed by atoms with Crippen LogP contribution in [0.4, 0.5) is 0 Å². The van der Waals surface area contributed by atoms with E-state index in [4.69, 9.17) is 0 Å². The summed E-state index contributed by atoms with van der Waals surface area (Å²) in [6.45, 7) is 2.37. The number of nitrogens with one attached hydrogen (secondary N) is 2. The zero-order valence-electron chi connectivity index (χ0n) is 12.4. The minimum absolute atomic E-state index is 0.0488. The Morgan fingerprint density at radius 2 is 2.05 bits per heavy atom. The number of thioether (sulfide) groups is 1. The van der Waals surface area contributed by atoms with Crippen LogP contribution >= 0.6 is 11.8 Å². The van der Waals surface area contributed by atoms with Gasteiger partial charge < -0.3 is 5.32 Å². The zero-order valence-corrected chi connectivity index (χ0v) is 13.2. The second kappa shape index (κ2) is 7.47. The van der Waals surface area contributed by atoms with Gasteiger partial charge in [-0.3, -0.25) is 14.8 Å². The smallest absolute Gasteiger partial charge is 0.242 e. The number of carbonyl (C=O) groups is 1. The summed E-state index contributed by atoms with van der Waals surface area (Å²) in [5, 5.41) is 9.79. The van der Waals surface area contributed by atoms with Crippen molar-refractivity contribution in [3.8, 4) is 0 Å². The molecule has 0 radical (unpaired) electrons. The van der Waals surface area contributed by atoms with E-state index in [0.29, 0.717) is 6.54 Å². The average molecular weight is 316 g/mol. The SMILES string of the molecule is O=C(NCc1ccn[nH]1)[C@@H](c1ccccc1)N1CCSCC1. The van der Waals surface area contributed by atoms with Crippen molar-refractivity contribution < 1.29 is 4.79 Å². The van der Waals surface area contributed by atoms with Gasteiger partial charge in [-0.2, -0.15) is 16.9 Å². The van der Waals surface area contributed by atoms with E-state index in [-0.39, 0.29) is 11.9 Å². The second-order valence-corrected chi connectivity index (χ2v) is 6.49. The third kappa shape index (κ3) is 3.69. The summed E-state index contributed by atoms with van der Waals surface area (Å²) < 4.78 is 0. The lowest BCUT2D eigenvalue weighted by atomic mass is 10.0. The Balaban J connectivity index is 1.73. The highest BCUT2D eigenvalue weighted by Crippen LogP contribution is 2.24. The Kier molecular flexibility index (Phi) is 5.13. The average Bonchev–Trinajstić information content (AvgIpc) is 3.09. The van der Waals surface area contributed by atoms with Gasteiger partial charge in [-0.25, -0.2) is 0 Å². The Bertz CT molecular complexity index is 581. The quantitative estimate of drug-likeness (QED) is 0.883. The van der Waals surface area contributed by atoms with E-state index in [1.54, 1.807) is 6.20 Å². The zero-order chi connectivity index (χ0) is 15.2. The maximum absolute atomic E-state index is 12.7. The second-order valence-electron chi connectivity index (χ2n) is 5.26. The molecule has 22 heavy (non-hydrogen) atoms. The Morgan fingerprint density at radius 3 is 2.73 bits per heavy atom. The highest BCUT2D eigenvalue weighted by Gasteiger charge is 2.28. The molecule has 1 saturated heterocycles. The van der Waals surface area contributed by atoms with Crippen LogP contribution in [-0.2, 0) is 11.3 Å². The van der Waals surface area contributed by atoms with Crippen molar-refractivity contribution in [3.63, 3.8) is 0 Å². The van der Waals surface area contributed by atoms with Gasteiger partial charge in [0.1, 0.15) is 6.04 Å². The lowest BCUT2D eigenvalue weighted by molar-refractivity contribution is -0.126. The normalized spacial score (nSPS) is 17.1. The molecule has 2 aromatic rings. The third-order valence-corrected chi connectivity index (χ3v) is 4.73. The topological polar surface area (TPSA) is 61.0 Å². The predicted octanol–water partition coefficient (Wildman–Crippen LogP) is 1.82. The number of hydrogen-bond acceptors (Lipinski definition) is 4. The standard InChI is InChI=1S/C16H20N4OS/c21-16(17-12-14-6-7-18-19-14)15(13-4-2-1-3-5-13)20-8-10-22-11-9-20/h1-7,15H,8-12H2,(H,17,21)(H,18,19)/t15-/m1/s1. The summed E-state index contributed by atoms with van der Waals surface area (Å²) in [7, 11) is 0. The van der Waals surface area contributed by atoms with Gasteiger partial charge in [0.25, 0.3) is 0 Å². The van der Waals surface area contributed by atoms with Crippen molar-refractivity contribution in [1.29, 1.82) is 0 Å². The number of nitrogens with zero attached hydrogens (tertiary/aromatic N) is 2. The lowest BCUT2D eigenvalue weighted by Gasteiger charge is -2.33. The molecule has 1 fully saturated rings. The third-order valence-electron chi connectivity index (χ3n) is 3.79. The molecule has 3 rings (SSSR count). The summed E-state index contributed by atoms with van der Waals surface area (Å²) in [5.41, 5.74) is 1.96. The molecule has 0 aliphatic carbocycles. The van der Waals surface area contributed by atoms with Crippen molar-refractivity contribution in [2.24, 2.45) is 0 Å². The number of aromatic amines is 1. The minimum Gasteiger partial charge on any atom is -0.349 e. The van der Waals surface area contributed by atoms with Gasteiger partial charge in [0.15, 0.2) is 0 Å². The number of rotatable bonds is 5. The fourth-order valence-electron chi connectivity index (χ4n) is 2.66. The molecule has 116 valence electrons. The van der Waals surface area contributed by atoms with E-state index in [2.05, 4.69) is 20.4 Å². The van der Waals surface area contributed by atoms with Crippen molar-refractivity contribution in [2.75, 3.05) is 24.6 Å². The molecular formula is C16H20N4OS. The highest BCUT2D eigenvalue weighted by molar-refractivity contribution is 7.99. The molecule has 1 aliphatic heterocycles. The van der Waals surface area contributed by atoms with E-state index in [1.807, 2.05) is 48.2 Å². The number of H-pyrrole nitrogens is 1. The van der Waals surface area contributed by atoms with Crippen molar-refractivity contribution >= 4 is 17.7 Å². The molecule has 5 nitrogen and oxygen atoms in total. The molecule has 0 spiro atoms. The van der Waals surface area contributed by atoms with E-state index >= 15 is 0 Å². The van der Waals surface area contributed by atoms with Crippen LogP contribution in [0.15, 0.2) is 42.6 Å². The van der Waals surface area contributed by atoms with Crippen LogP contribution in [0, 0.1) is 0 Å². The van der Waals surface area contributed by atoms with Gasteiger partial charge in [0.2, 0.25) is 5.91 Å². The van der Waals surface area contributed by atoms with Crippen LogP contribution in [0.5, 0.6) is 0 Å². The van der Waals surface area contributed by atoms with Crippen LogP contribution in [0.1, 0.15) is 17.3 Å². The Hall–Kier alpha value is -1.79. The molecule has 1 aromatic heterocycles. The number of benzene rings is 1. The summed E-state index contributed by atoms with van der Waals surface area (Å²) in [6.07, 6.45) is 1.69. The Morgan fingerprint density at radius 1 is 1.27 bits per heavy atom. The van der Waals surface area contributed by atoms with E-state index in [9.17, 15) is 4.79 Å². The van der Waals surface area contributed by atoms with Crippen molar-refractivity contribution in [2.45, 2.75) is 12.6 Å². The predicted molar refractivity (Wildman–Crippen MR) is 88.5 cm³/mol. The molecular weight excluding hydrogens is 296 g/mol. The maximum Gasteiger partial charge on any atom is 0.242 e. The van der Waals surface area contributed by atoms with Gasteiger partial charge in [-0.15, -0.1) is 0 Å². The molecule has 1 atom stereocenters. The van der Waals surface area contributed by atoms with Gasteiger partial charge in [0.05, 0.1) is 12.2 Å². The summed E-state index contributed by atoms with van der Waals surface area (Å²) in [6, 6.07) is 11.7. The molecule has 0 bridgehead atoms. The molecule has 6 heteroatoms. The largest absolute Gasteiger partial charge is 0.349 e. The molecule has 0 unspecified atom stereocenters. The van der Waals surface area contributed by atoms with Crippen LogP contribution < -0.4 is 5.32 Å². The number of carbonyl (C=O) groups excluding carboxylic acids is 1. The lowest BCUT2D eigenvalue weighted by Crippen LogP contribution is -2.44. The molecule has 1 aliphatic rings. The molecule has 0 saturated carbocycles. The van der Waals surface area contributed by atoms with E-state index in [0.717, 1.165) is 35.9 Å². The molecule has 1 aromatic carbocycles. The Labute approximate surface area is 134 Å².